The maximum atomic E-state index is 12.6. The Hall–Kier alpha value is -0.580. The Balaban J connectivity index is 0.00000147. The summed E-state index contributed by atoms with van der Waals surface area (Å²) in [7, 11) is 0. The van der Waals surface area contributed by atoms with E-state index in [0.717, 1.165) is 55.7 Å². The normalized spacial score (nSPS) is 25.8. The van der Waals surface area contributed by atoms with Crippen molar-refractivity contribution in [3.05, 3.63) is 21.4 Å². The molecule has 2 aliphatic rings. The summed E-state index contributed by atoms with van der Waals surface area (Å²) in [6, 6.07) is 2.05. The molecule has 1 aromatic rings. The first-order valence-corrected chi connectivity index (χ1v) is 8.04. The lowest BCUT2D eigenvalue weighted by molar-refractivity contribution is 0.0763. The molecule has 0 radical (unpaired) electrons. The van der Waals surface area contributed by atoms with Gasteiger partial charge in [-0.25, -0.2) is 0 Å². The van der Waals surface area contributed by atoms with Gasteiger partial charge in [-0.1, -0.05) is 0 Å². The third-order valence-corrected chi connectivity index (χ3v) is 5.82. The molecule has 0 aliphatic carbocycles. The molecule has 1 N–H and O–H groups in total. The summed E-state index contributed by atoms with van der Waals surface area (Å²) in [6.07, 6.45) is 2.32. The molecule has 0 spiro atoms. The lowest BCUT2D eigenvalue weighted by atomic mass is 9.92. The van der Waals surface area contributed by atoms with E-state index in [2.05, 4.69) is 30.1 Å². The Morgan fingerprint density at radius 3 is 2.35 bits per heavy atom. The molecule has 3 nitrogen and oxygen atoms in total. The van der Waals surface area contributed by atoms with E-state index in [0.29, 0.717) is 0 Å². The molecule has 0 unspecified atom stereocenters. The highest BCUT2D eigenvalue weighted by Crippen LogP contribution is 2.29. The van der Waals surface area contributed by atoms with Gasteiger partial charge in [0, 0.05) is 18.0 Å². The molecule has 20 heavy (non-hydrogen) atoms. The number of halogens is 1. The van der Waals surface area contributed by atoms with Gasteiger partial charge in [-0.3, -0.25) is 4.79 Å². The first-order chi connectivity index (χ1) is 9.15. The van der Waals surface area contributed by atoms with Crippen LogP contribution in [-0.4, -0.2) is 37.0 Å². The molecule has 2 saturated heterocycles. The number of nitrogens with one attached hydrogen (secondary N) is 1. The van der Waals surface area contributed by atoms with Crippen molar-refractivity contribution in [2.24, 2.45) is 11.8 Å². The molecule has 112 valence electrons. The molecule has 2 aliphatic heterocycles. The average Bonchev–Trinajstić information content (AvgIpc) is 2.91. The Kier molecular flexibility index (Phi) is 5.10. The van der Waals surface area contributed by atoms with Crippen molar-refractivity contribution in [1.82, 2.24) is 10.2 Å². The van der Waals surface area contributed by atoms with Crippen molar-refractivity contribution in [3.8, 4) is 0 Å². The summed E-state index contributed by atoms with van der Waals surface area (Å²) < 4.78 is 0. The number of carbonyl (C=O) groups is 1. The molecule has 5 heteroatoms. The predicted octanol–water partition coefficient (Wildman–Crippen LogP) is 2.86. The number of amides is 1. The zero-order chi connectivity index (χ0) is 13.4. The molecule has 1 amide bonds. The van der Waals surface area contributed by atoms with E-state index in [-0.39, 0.29) is 18.3 Å². The lowest BCUT2D eigenvalue weighted by Crippen LogP contribution is -2.32. The second-order valence-corrected chi connectivity index (χ2v) is 7.15. The average molecular weight is 315 g/mol. The molecule has 0 bridgehead atoms. The van der Waals surface area contributed by atoms with Crippen molar-refractivity contribution < 1.29 is 4.79 Å². The van der Waals surface area contributed by atoms with Crippen LogP contribution in [0.3, 0.4) is 0 Å². The van der Waals surface area contributed by atoms with Crippen LogP contribution in [0.1, 0.15) is 33.0 Å². The Morgan fingerprint density at radius 1 is 1.25 bits per heavy atom. The van der Waals surface area contributed by atoms with Crippen LogP contribution in [-0.2, 0) is 0 Å². The second-order valence-electron chi connectivity index (χ2n) is 5.90. The molecule has 3 heterocycles. The van der Waals surface area contributed by atoms with Crippen molar-refractivity contribution in [2.45, 2.75) is 26.7 Å². The molecule has 2 fully saturated rings. The summed E-state index contributed by atoms with van der Waals surface area (Å²) in [5.74, 6) is 1.81. The number of fused-ring (bicyclic) bond motifs is 1. The third kappa shape index (κ3) is 3.02. The largest absolute Gasteiger partial charge is 0.338 e. The van der Waals surface area contributed by atoms with Gasteiger partial charge in [-0.2, -0.15) is 0 Å². The van der Waals surface area contributed by atoms with Crippen LogP contribution in [0.2, 0.25) is 0 Å². The number of hydrogen-bond acceptors (Lipinski definition) is 3. The minimum atomic E-state index is 0. The fourth-order valence-electron chi connectivity index (χ4n) is 3.26. The van der Waals surface area contributed by atoms with Crippen molar-refractivity contribution in [3.63, 3.8) is 0 Å². The quantitative estimate of drug-likeness (QED) is 0.864. The highest BCUT2D eigenvalue weighted by molar-refractivity contribution is 7.14. The third-order valence-electron chi connectivity index (χ3n) is 4.68. The summed E-state index contributed by atoms with van der Waals surface area (Å²) in [4.78, 5) is 16.8. The van der Waals surface area contributed by atoms with Crippen LogP contribution < -0.4 is 5.32 Å². The van der Waals surface area contributed by atoms with E-state index in [9.17, 15) is 4.79 Å². The summed E-state index contributed by atoms with van der Waals surface area (Å²) >= 11 is 1.64. The van der Waals surface area contributed by atoms with Gasteiger partial charge in [0.05, 0.1) is 4.88 Å². The van der Waals surface area contributed by atoms with E-state index in [1.54, 1.807) is 11.3 Å². The van der Waals surface area contributed by atoms with Gasteiger partial charge in [0.15, 0.2) is 0 Å². The smallest absolute Gasteiger partial charge is 0.263 e. The minimum Gasteiger partial charge on any atom is -0.338 e. The predicted molar refractivity (Wildman–Crippen MR) is 86.0 cm³/mol. The fourth-order valence-corrected chi connectivity index (χ4v) is 4.26. The molecular weight excluding hydrogens is 292 g/mol. The number of carbonyl (C=O) groups excluding carboxylic acids is 1. The number of nitrogens with zero attached hydrogens (tertiary/aromatic N) is 1. The van der Waals surface area contributed by atoms with Gasteiger partial charge in [0.2, 0.25) is 0 Å². The van der Waals surface area contributed by atoms with Crippen LogP contribution >= 0.6 is 23.7 Å². The van der Waals surface area contributed by atoms with Crippen LogP contribution in [0.5, 0.6) is 0 Å². The topological polar surface area (TPSA) is 32.3 Å². The standard InChI is InChI=1S/C15H22N2OS.ClH/c1-10-7-14(19-11(10)2)15(18)17-5-3-12-8-16-9-13(12)4-6-17;/h7,12-13,16H,3-6,8-9H2,1-2H3;1H/t12-,13+;. The van der Waals surface area contributed by atoms with E-state index in [1.807, 2.05) is 0 Å². The fraction of sp³-hybridized carbons (Fsp3) is 0.667. The molecule has 1 aromatic heterocycles. The Bertz CT molecular complexity index is 455. The summed E-state index contributed by atoms with van der Waals surface area (Å²) in [5, 5.41) is 3.48. The van der Waals surface area contributed by atoms with Crippen molar-refractivity contribution in [1.29, 1.82) is 0 Å². The Labute approximate surface area is 131 Å². The lowest BCUT2D eigenvalue weighted by Gasteiger charge is -2.20. The summed E-state index contributed by atoms with van der Waals surface area (Å²) in [5.41, 5.74) is 1.24. The van der Waals surface area contributed by atoms with Gasteiger partial charge in [0.25, 0.3) is 5.91 Å². The SMILES string of the molecule is Cc1cc(C(=O)N2CC[C@@H]3CNC[C@@H]3CC2)sc1C.Cl. The zero-order valence-electron chi connectivity index (χ0n) is 12.1. The van der Waals surface area contributed by atoms with Gasteiger partial charge in [-0.05, 0) is 63.2 Å². The van der Waals surface area contributed by atoms with E-state index >= 15 is 0 Å². The molecule has 0 aromatic carbocycles. The maximum absolute atomic E-state index is 12.6. The number of thiophene rings is 1. The number of likely N-dealkylation sites (tertiary alicyclic amines) is 1. The minimum absolute atomic E-state index is 0. The van der Waals surface area contributed by atoms with Crippen LogP contribution in [0.15, 0.2) is 6.07 Å². The van der Waals surface area contributed by atoms with Crippen LogP contribution in [0, 0.1) is 25.7 Å². The van der Waals surface area contributed by atoms with Gasteiger partial charge >= 0.3 is 0 Å². The van der Waals surface area contributed by atoms with E-state index in [1.165, 1.54) is 10.4 Å². The van der Waals surface area contributed by atoms with Crippen molar-refractivity contribution >= 4 is 29.7 Å². The number of aryl methyl sites for hydroxylation is 2. The number of hydrogen-bond donors (Lipinski definition) is 1. The monoisotopic (exact) mass is 314 g/mol. The van der Waals surface area contributed by atoms with Crippen LogP contribution in [0.4, 0.5) is 0 Å². The molecule has 2 atom stereocenters. The van der Waals surface area contributed by atoms with Gasteiger partial charge in [0.1, 0.15) is 0 Å². The van der Waals surface area contributed by atoms with Gasteiger partial charge < -0.3 is 10.2 Å². The highest BCUT2D eigenvalue weighted by atomic mass is 35.5. The first-order valence-electron chi connectivity index (χ1n) is 7.22. The highest BCUT2D eigenvalue weighted by Gasteiger charge is 2.31. The second kappa shape index (κ2) is 6.46. The maximum Gasteiger partial charge on any atom is 0.263 e. The molecular formula is C15H23ClN2OS. The first kappa shape index (κ1) is 15.8. The molecule has 3 rings (SSSR count). The van der Waals surface area contributed by atoms with E-state index in [4.69, 9.17) is 0 Å². The van der Waals surface area contributed by atoms with Crippen molar-refractivity contribution in [2.75, 3.05) is 26.2 Å². The summed E-state index contributed by atoms with van der Waals surface area (Å²) in [6.45, 7) is 8.32. The zero-order valence-corrected chi connectivity index (χ0v) is 13.8. The molecule has 0 saturated carbocycles. The number of rotatable bonds is 1. The van der Waals surface area contributed by atoms with Crippen LogP contribution in [0.25, 0.3) is 0 Å². The Morgan fingerprint density at radius 2 is 1.85 bits per heavy atom. The van der Waals surface area contributed by atoms with E-state index < -0.39 is 0 Å². The van der Waals surface area contributed by atoms with Gasteiger partial charge in [-0.15, -0.1) is 23.7 Å².